The summed E-state index contributed by atoms with van der Waals surface area (Å²) in [6, 6.07) is 5.55. The molecular weight excluding hydrogens is 244 g/mol. The molecule has 0 N–H and O–H groups in total. The van der Waals surface area contributed by atoms with Gasteiger partial charge in [0.2, 0.25) is 0 Å². The summed E-state index contributed by atoms with van der Waals surface area (Å²) in [6.45, 7) is 3.80. The van der Waals surface area contributed by atoms with Crippen LogP contribution in [0.25, 0.3) is 6.08 Å². The SMILES string of the molecule is CCOC(=O)/C(C)=C1\C=Cc2ccc(OC)cc2O1. The van der Waals surface area contributed by atoms with Crippen LogP contribution in [-0.2, 0) is 9.53 Å². The lowest BCUT2D eigenvalue weighted by molar-refractivity contribution is -0.138. The average molecular weight is 260 g/mol. The van der Waals surface area contributed by atoms with Crippen molar-refractivity contribution in [2.45, 2.75) is 13.8 Å². The predicted octanol–water partition coefficient (Wildman–Crippen LogP) is 2.94. The minimum Gasteiger partial charge on any atom is -0.497 e. The molecule has 0 unspecified atom stereocenters. The number of carbonyl (C=O) groups excluding carboxylic acids is 1. The van der Waals surface area contributed by atoms with Gasteiger partial charge < -0.3 is 14.2 Å². The monoisotopic (exact) mass is 260 g/mol. The summed E-state index contributed by atoms with van der Waals surface area (Å²) in [4.78, 5) is 11.7. The lowest BCUT2D eigenvalue weighted by Gasteiger charge is -2.17. The molecule has 100 valence electrons. The van der Waals surface area contributed by atoms with Crippen LogP contribution < -0.4 is 9.47 Å². The summed E-state index contributed by atoms with van der Waals surface area (Å²) in [7, 11) is 1.60. The van der Waals surface area contributed by atoms with E-state index in [0.717, 1.165) is 5.56 Å². The van der Waals surface area contributed by atoms with Crippen LogP contribution in [0.5, 0.6) is 11.5 Å². The van der Waals surface area contributed by atoms with Crippen molar-refractivity contribution in [2.24, 2.45) is 0 Å². The highest BCUT2D eigenvalue weighted by molar-refractivity contribution is 5.89. The maximum atomic E-state index is 11.7. The molecule has 1 aromatic rings. The van der Waals surface area contributed by atoms with Gasteiger partial charge in [-0.25, -0.2) is 4.79 Å². The van der Waals surface area contributed by atoms with Crippen molar-refractivity contribution in [3.05, 3.63) is 41.2 Å². The number of hydrogen-bond acceptors (Lipinski definition) is 4. The predicted molar refractivity (Wildman–Crippen MR) is 72.0 cm³/mol. The Hall–Kier alpha value is -2.23. The third-order valence-corrected chi connectivity index (χ3v) is 2.81. The smallest absolute Gasteiger partial charge is 0.337 e. The van der Waals surface area contributed by atoms with E-state index < -0.39 is 0 Å². The van der Waals surface area contributed by atoms with Gasteiger partial charge in [-0.3, -0.25) is 0 Å². The van der Waals surface area contributed by atoms with Crippen molar-refractivity contribution < 1.29 is 19.0 Å². The molecule has 4 nitrogen and oxygen atoms in total. The first kappa shape index (κ1) is 13.2. The number of ether oxygens (including phenoxy) is 3. The molecule has 0 saturated heterocycles. The first-order valence-electron chi connectivity index (χ1n) is 6.07. The first-order valence-corrected chi connectivity index (χ1v) is 6.07. The van der Waals surface area contributed by atoms with Gasteiger partial charge in [-0.05, 0) is 38.1 Å². The van der Waals surface area contributed by atoms with Crippen molar-refractivity contribution in [1.82, 2.24) is 0 Å². The fourth-order valence-electron chi connectivity index (χ4n) is 1.73. The zero-order valence-corrected chi connectivity index (χ0v) is 11.2. The molecule has 0 atom stereocenters. The van der Waals surface area contributed by atoms with Gasteiger partial charge >= 0.3 is 5.97 Å². The number of allylic oxidation sites excluding steroid dienone is 1. The lowest BCUT2D eigenvalue weighted by atomic mass is 10.1. The first-order chi connectivity index (χ1) is 9.15. The third-order valence-electron chi connectivity index (χ3n) is 2.81. The number of carbonyl (C=O) groups is 1. The van der Waals surface area contributed by atoms with E-state index in [2.05, 4.69) is 0 Å². The number of methoxy groups -OCH3 is 1. The van der Waals surface area contributed by atoms with Crippen LogP contribution in [0.2, 0.25) is 0 Å². The molecule has 1 heterocycles. The van der Waals surface area contributed by atoms with E-state index >= 15 is 0 Å². The fourth-order valence-corrected chi connectivity index (χ4v) is 1.73. The van der Waals surface area contributed by atoms with Gasteiger partial charge in [0, 0.05) is 11.6 Å². The second-order valence-corrected chi connectivity index (χ2v) is 4.05. The zero-order chi connectivity index (χ0) is 13.8. The second-order valence-electron chi connectivity index (χ2n) is 4.05. The Morgan fingerprint density at radius 2 is 2.11 bits per heavy atom. The summed E-state index contributed by atoms with van der Waals surface area (Å²) in [5.41, 5.74) is 1.40. The number of fused-ring (bicyclic) bond motifs is 1. The van der Waals surface area contributed by atoms with Crippen molar-refractivity contribution in [3.8, 4) is 11.5 Å². The Morgan fingerprint density at radius 3 is 2.79 bits per heavy atom. The summed E-state index contributed by atoms with van der Waals surface area (Å²) >= 11 is 0. The van der Waals surface area contributed by atoms with Gasteiger partial charge in [-0.2, -0.15) is 0 Å². The molecule has 1 aliphatic heterocycles. The molecule has 2 rings (SSSR count). The Morgan fingerprint density at radius 1 is 1.32 bits per heavy atom. The molecule has 0 bridgehead atoms. The van der Waals surface area contributed by atoms with Gasteiger partial charge in [0.05, 0.1) is 19.3 Å². The van der Waals surface area contributed by atoms with Crippen LogP contribution in [0.1, 0.15) is 19.4 Å². The van der Waals surface area contributed by atoms with Gasteiger partial charge in [0.15, 0.2) is 0 Å². The van der Waals surface area contributed by atoms with Crippen LogP contribution in [0.15, 0.2) is 35.6 Å². The van der Waals surface area contributed by atoms with Gasteiger partial charge in [-0.1, -0.05) is 0 Å². The topological polar surface area (TPSA) is 44.8 Å². The molecule has 1 aromatic carbocycles. The molecule has 0 amide bonds. The van der Waals surface area contributed by atoms with E-state index in [0.29, 0.717) is 29.4 Å². The molecule has 0 radical (unpaired) electrons. The quantitative estimate of drug-likeness (QED) is 0.619. The molecule has 1 aliphatic rings. The summed E-state index contributed by atoms with van der Waals surface area (Å²) in [5.74, 6) is 1.51. The van der Waals surface area contributed by atoms with Crippen molar-refractivity contribution in [3.63, 3.8) is 0 Å². The molecule has 0 spiro atoms. The number of esters is 1. The molecular formula is C15H16O4. The Balaban J connectivity index is 2.31. The molecule has 0 fully saturated rings. The number of hydrogen-bond donors (Lipinski definition) is 0. The van der Waals surface area contributed by atoms with Crippen molar-refractivity contribution in [2.75, 3.05) is 13.7 Å². The van der Waals surface area contributed by atoms with Gasteiger partial charge in [-0.15, -0.1) is 0 Å². The lowest BCUT2D eigenvalue weighted by Crippen LogP contribution is -2.11. The molecule has 0 aliphatic carbocycles. The van der Waals surface area contributed by atoms with Crippen molar-refractivity contribution in [1.29, 1.82) is 0 Å². The Kier molecular flexibility index (Phi) is 3.90. The minimum absolute atomic E-state index is 0.345. The van der Waals surface area contributed by atoms with Crippen molar-refractivity contribution >= 4 is 12.0 Å². The van der Waals surface area contributed by atoms with Gasteiger partial charge in [0.25, 0.3) is 0 Å². The molecule has 0 aromatic heterocycles. The maximum Gasteiger partial charge on any atom is 0.337 e. The summed E-state index contributed by atoms with van der Waals surface area (Å²) < 4.78 is 15.8. The van der Waals surface area contributed by atoms with Crippen LogP contribution in [-0.4, -0.2) is 19.7 Å². The van der Waals surface area contributed by atoms with E-state index in [-0.39, 0.29) is 5.97 Å². The summed E-state index contributed by atoms with van der Waals surface area (Å²) in [5, 5.41) is 0. The Labute approximate surface area is 112 Å². The van der Waals surface area contributed by atoms with Crippen LogP contribution in [0.3, 0.4) is 0 Å². The highest BCUT2D eigenvalue weighted by Crippen LogP contribution is 2.32. The van der Waals surface area contributed by atoms with Crippen LogP contribution in [0.4, 0.5) is 0 Å². The van der Waals surface area contributed by atoms with Crippen LogP contribution >= 0.6 is 0 Å². The van der Waals surface area contributed by atoms with E-state index in [1.165, 1.54) is 0 Å². The maximum absolute atomic E-state index is 11.7. The highest BCUT2D eigenvalue weighted by atomic mass is 16.5. The Bertz CT molecular complexity index is 555. The van der Waals surface area contributed by atoms with E-state index in [1.54, 1.807) is 33.1 Å². The fraction of sp³-hybridized carbons (Fsp3) is 0.267. The normalized spacial score (nSPS) is 15.3. The van der Waals surface area contributed by atoms with E-state index in [1.807, 2.05) is 18.2 Å². The molecule has 0 saturated carbocycles. The second kappa shape index (κ2) is 5.61. The standard InChI is InChI=1S/C15H16O4/c1-4-18-15(16)10(2)13-8-6-11-5-7-12(17-3)9-14(11)19-13/h5-9H,4H2,1-3H3/b13-10+. The van der Waals surface area contributed by atoms with Crippen LogP contribution in [0, 0.1) is 0 Å². The van der Waals surface area contributed by atoms with E-state index in [9.17, 15) is 4.79 Å². The highest BCUT2D eigenvalue weighted by Gasteiger charge is 2.16. The minimum atomic E-state index is -0.367. The zero-order valence-electron chi connectivity index (χ0n) is 11.2. The molecule has 4 heteroatoms. The number of rotatable bonds is 3. The van der Waals surface area contributed by atoms with E-state index in [4.69, 9.17) is 14.2 Å². The largest absolute Gasteiger partial charge is 0.497 e. The van der Waals surface area contributed by atoms with Gasteiger partial charge in [0.1, 0.15) is 17.3 Å². The number of benzene rings is 1. The third kappa shape index (κ3) is 2.78. The average Bonchev–Trinajstić information content (AvgIpc) is 2.45. The summed E-state index contributed by atoms with van der Waals surface area (Å²) in [6.07, 6.45) is 3.66. The molecule has 19 heavy (non-hydrogen) atoms.